The minimum absolute atomic E-state index is 1.76. The van der Waals surface area contributed by atoms with Crippen LogP contribution >= 0.6 is 11.0 Å². The quantitative estimate of drug-likeness (QED) is 0.413. The molecule has 0 bridgehead atoms. The number of hydrogen-bond acceptors (Lipinski definition) is 2. The van der Waals surface area contributed by atoms with Crippen molar-refractivity contribution in [3.63, 3.8) is 0 Å². The van der Waals surface area contributed by atoms with Gasteiger partial charge in [0.2, 0.25) is 0 Å². The second kappa shape index (κ2) is 1.67. The summed E-state index contributed by atoms with van der Waals surface area (Å²) in [6.07, 6.45) is 3.65. The van der Waals surface area contributed by atoms with Crippen LogP contribution in [0.25, 0.3) is 0 Å². The number of hydrogen-bond donors (Lipinski definition) is 2. The van der Waals surface area contributed by atoms with Gasteiger partial charge in [0.1, 0.15) is 0 Å². The van der Waals surface area contributed by atoms with E-state index in [0.717, 1.165) is 0 Å². The molecule has 0 amide bonds. The zero-order valence-corrected chi connectivity index (χ0v) is 6.22. The molecule has 0 saturated carbocycles. The predicted octanol–water partition coefficient (Wildman–Crippen LogP) is 0.555. The van der Waals surface area contributed by atoms with Crippen LogP contribution in [0, 0.1) is 0 Å². The Morgan fingerprint density at radius 3 is 1.86 bits per heavy atom. The Morgan fingerprint density at radius 1 is 1.29 bits per heavy atom. The van der Waals surface area contributed by atoms with E-state index in [1.54, 1.807) is 9.95 Å². The Balaban J connectivity index is 2.77. The average molecular weight is 181 g/mol. The first-order valence-corrected chi connectivity index (χ1v) is 7.24. The number of thiol groups is 1. The van der Waals surface area contributed by atoms with Crippen LogP contribution in [0.15, 0.2) is 22.1 Å². The van der Waals surface area contributed by atoms with Crippen molar-refractivity contribution < 1.29 is 4.19 Å². The van der Waals surface area contributed by atoms with Crippen molar-refractivity contribution in [3.8, 4) is 0 Å². The summed E-state index contributed by atoms with van der Waals surface area (Å²) in [5, 5.41) is 0. The van der Waals surface area contributed by atoms with E-state index in [2.05, 4.69) is 11.0 Å². The molecule has 0 atom stereocenters. The van der Waals surface area contributed by atoms with Crippen LogP contribution < -0.4 is 0 Å². The van der Waals surface area contributed by atoms with Crippen molar-refractivity contribution in [2.45, 2.75) is 0 Å². The molecule has 0 aromatic heterocycles. The Kier molecular flexibility index (Phi) is 1.30. The van der Waals surface area contributed by atoms with Gasteiger partial charge >= 0.3 is 49.4 Å². The molecule has 0 radical (unpaired) electrons. The zero-order valence-electron chi connectivity index (χ0n) is 3.61. The van der Waals surface area contributed by atoms with Crippen LogP contribution in [0.5, 0.6) is 0 Å². The summed E-state index contributed by atoms with van der Waals surface area (Å²) >= 11 is 1.63. The second-order valence-corrected chi connectivity index (χ2v) is 8.16. The van der Waals surface area contributed by atoms with Crippen LogP contribution in [-0.4, -0.2) is 16.2 Å². The number of rotatable bonds is 0. The van der Waals surface area contributed by atoms with Gasteiger partial charge in [-0.25, -0.2) is 0 Å². The average Bonchev–Trinajstić information content (AvgIpc) is 1.84. The maximum absolute atomic E-state index is 9.04. The SMILES string of the molecule is O[Se]1(S)C=CC=C1. The zero-order chi connectivity index (χ0) is 5.33. The van der Waals surface area contributed by atoms with E-state index >= 15 is 0 Å². The summed E-state index contributed by atoms with van der Waals surface area (Å²) in [4.78, 5) is 3.53. The van der Waals surface area contributed by atoms with Gasteiger partial charge in [0.15, 0.2) is 0 Å². The van der Waals surface area contributed by atoms with Gasteiger partial charge < -0.3 is 0 Å². The third-order valence-corrected chi connectivity index (χ3v) is 4.27. The van der Waals surface area contributed by atoms with Gasteiger partial charge in [0, 0.05) is 0 Å². The molecule has 1 nitrogen and oxygen atoms in total. The van der Waals surface area contributed by atoms with E-state index in [9.17, 15) is 0 Å². The minimum atomic E-state index is -2.36. The van der Waals surface area contributed by atoms with Gasteiger partial charge in [0.05, 0.1) is 0 Å². The van der Waals surface area contributed by atoms with Crippen molar-refractivity contribution in [2.75, 3.05) is 0 Å². The third-order valence-electron chi connectivity index (χ3n) is 0.669. The van der Waals surface area contributed by atoms with E-state index in [4.69, 9.17) is 4.19 Å². The fraction of sp³-hybridized carbons (Fsp3) is 0. The summed E-state index contributed by atoms with van der Waals surface area (Å²) < 4.78 is 9.04. The molecular weight excluding hydrogens is 175 g/mol. The normalized spacial score (nSPS) is 28.3. The molecule has 0 unspecified atom stereocenters. The molecule has 0 saturated heterocycles. The summed E-state index contributed by atoms with van der Waals surface area (Å²) in [5.74, 6) is 0. The fourth-order valence-electron chi connectivity index (χ4n) is 0.367. The van der Waals surface area contributed by atoms with Crippen molar-refractivity contribution in [1.82, 2.24) is 0 Å². The second-order valence-electron chi connectivity index (χ2n) is 1.30. The van der Waals surface area contributed by atoms with Gasteiger partial charge in [-0.15, -0.1) is 0 Å². The van der Waals surface area contributed by atoms with Crippen LogP contribution in [0.2, 0.25) is 0 Å². The van der Waals surface area contributed by atoms with Crippen molar-refractivity contribution in [1.29, 1.82) is 0 Å². The molecule has 1 N–H and O–H groups in total. The molecule has 0 fully saturated rings. The van der Waals surface area contributed by atoms with E-state index in [0.29, 0.717) is 0 Å². The van der Waals surface area contributed by atoms with E-state index in [-0.39, 0.29) is 0 Å². The Bertz CT molecular complexity index is 114. The Labute approximate surface area is 49.8 Å². The molecule has 1 heterocycles. The van der Waals surface area contributed by atoms with Gasteiger partial charge in [-0.1, -0.05) is 0 Å². The summed E-state index contributed by atoms with van der Waals surface area (Å²) in [7, 11) is 0. The van der Waals surface area contributed by atoms with Crippen LogP contribution in [0.4, 0.5) is 0 Å². The summed E-state index contributed by atoms with van der Waals surface area (Å²) in [5.41, 5.74) is 0. The van der Waals surface area contributed by atoms with Crippen molar-refractivity contribution in [2.24, 2.45) is 0 Å². The Hall–Kier alpha value is 0.309. The topological polar surface area (TPSA) is 20.2 Å². The van der Waals surface area contributed by atoms with E-state index in [1.165, 1.54) is 0 Å². The molecule has 1 aliphatic heterocycles. The summed E-state index contributed by atoms with van der Waals surface area (Å²) in [6.45, 7) is 0. The number of allylic oxidation sites excluding steroid dienone is 2. The van der Waals surface area contributed by atoms with Crippen molar-refractivity contribution >= 4 is 23.1 Å². The molecule has 0 aromatic rings. The van der Waals surface area contributed by atoms with Crippen molar-refractivity contribution in [3.05, 3.63) is 22.1 Å². The third kappa shape index (κ3) is 1.35. The van der Waals surface area contributed by atoms with Gasteiger partial charge in [-0.2, -0.15) is 0 Å². The fourth-order valence-corrected chi connectivity index (χ4v) is 2.64. The molecule has 1 aliphatic rings. The van der Waals surface area contributed by atoms with Crippen LogP contribution in [-0.2, 0) is 0 Å². The first-order chi connectivity index (χ1) is 3.21. The van der Waals surface area contributed by atoms with Crippen LogP contribution in [0.3, 0.4) is 0 Å². The maximum atomic E-state index is 9.04. The molecule has 0 aromatic carbocycles. The standard InChI is InChI=1S/C4H6OSSe/c5-7(6)3-1-2-4-7/h1-6H. The van der Waals surface area contributed by atoms with E-state index < -0.39 is 12.1 Å². The molecule has 0 spiro atoms. The monoisotopic (exact) mass is 182 g/mol. The molecule has 40 valence electrons. The van der Waals surface area contributed by atoms with Gasteiger partial charge in [0.25, 0.3) is 0 Å². The molecule has 0 aliphatic carbocycles. The van der Waals surface area contributed by atoms with Gasteiger partial charge in [-0.3, -0.25) is 0 Å². The predicted molar refractivity (Wildman–Crippen MR) is 35.2 cm³/mol. The Morgan fingerprint density at radius 2 is 1.71 bits per heavy atom. The summed E-state index contributed by atoms with van der Waals surface area (Å²) in [6, 6.07) is 0. The molecular formula is C4H6OSSe. The van der Waals surface area contributed by atoms with E-state index in [1.807, 2.05) is 12.2 Å². The molecule has 7 heavy (non-hydrogen) atoms. The first-order valence-electron chi connectivity index (χ1n) is 1.84. The van der Waals surface area contributed by atoms with Gasteiger partial charge in [-0.05, 0) is 0 Å². The van der Waals surface area contributed by atoms with Crippen LogP contribution in [0.1, 0.15) is 0 Å². The molecule has 3 heteroatoms. The first kappa shape index (κ1) is 5.45. The molecule has 1 rings (SSSR count).